The first-order valence-corrected chi connectivity index (χ1v) is 7.13. The summed E-state index contributed by atoms with van der Waals surface area (Å²) >= 11 is 1.68. The van der Waals surface area contributed by atoms with Gasteiger partial charge in [-0.25, -0.2) is 4.98 Å². The summed E-state index contributed by atoms with van der Waals surface area (Å²) in [6.45, 7) is 11.9. The maximum atomic E-state index is 11.8. The van der Waals surface area contributed by atoms with Crippen molar-refractivity contribution in [2.45, 2.75) is 59.7 Å². The lowest BCUT2D eigenvalue weighted by molar-refractivity contribution is -0.123. The van der Waals surface area contributed by atoms with Gasteiger partial charge in [0.1, 0.15) is 0 Å². The number of amides is 1. The number of nitrogens with zero attached hydrogens (tertiary/aromatic N) is 1. The number of carbonyl (C=O) groups excluding carboxylic acids is 1. The van der Waals surface area contributed by atoms with Crippen molar-refractivity contribution in [2.24, 2.45) is 0 Å². The summed E-state index contributed by atoms with van der Waals surface area (Å²) in [6.07, 6.45) is 0. The summed E-state index contributed by atoms with van der Waals surface area (Å²) < 4.78 is 0. The second-order valence-corrected chi connectivity index (χ2v) is 6.19. The molecule has 1 amide bonds. The largest absolute Gasteiger partial charge is 0.353 e. The highest BCUT2D eigenvalue weighted by Crippen LogP contribution is 2.24. The molecule has 2 unspecified atom stereocenters. The van der Waals surface area contributed by atoms with Crippen LogP contribution in [-0.4, -0.2) is 23.0 Å². The molecule has 0 fully saturated rings. The van der Waals surface area contributed by atoms with Crippen molar-refractivity contribution in [3.63, 3.8) is 0 Å². The summed E-state index contributed by atoms with van der Waals surface area (Å²) in [5.41, 5.74) is 1.05. The number of hydrogen-bond acceptors (Lipinski definition) is 4. The number of hydrogen-bond donors (Lipinski definition) is 2. The summed E-state index contributed by atoms with van der Waals surface area (Å²) in [6, 6.07) is 0.109. The Labute approximate surface area is 113 Å². The minimum Gasteiger partial charge on any atom is -0.353 e. The van der Waals surface area contributed by atoms with Gasteiger partial charge < -0.3 is 5.32 Å². The van der Waals surface area contributed by atoms with Crippen LogP contribution >= 0.6 is 11.3 Å². The molecule has 0 radical (unpaired) electrons. The van der Waals surface area contributed by atoms with Crippen molar-refractivity contribution >= 4 is 17.2 Å². The molecule has 1 aromatic heterocycles. The van der Waals surface area contributed by atoms with Gasteiger partial charge in [0.2, 0.25) is 5.91 Å². The number of rotatable bonds is 5. The number of carbonyl (C=O) groups is 1. The van der Waals surface area contributed by atoms with Crippen molar-refractivity contribution in [2.75, 3.05) is 0 Å². The van der Waals surface area contributed by atoms with Gasteiger partial charge in [0.15, 0.2) is 0 Å². The van der Waals surface area contributed by atoms with E-state index in [4.69, 9.17) is 0 Å². The molecule has 0 saturated carbocycles. The first-order valence-electron chi connectivity index (χ1n) is 6.31. The summed E-state index contributed by atoms with van der Waals surface area (Å²) in [7, 11) is 0. The second kappa shape index (κ2) is 6.29. The van der Waals surface area contributed by atoms with Gasteiger partial charge in [0, 0.05) is 17.0 Å². The fraction of sp³-hybridized carbons (Fsp3) is 0.692. The highest BCUT2D eigenvalue weighted by molar-refractivity contribution is 7.11. The molecule has 4 nitrogen and oxygen atoms in total. The van der Waals surface area contributed by atoms with Crippen LogP contribution in [0.25, 0.3) is 0 Å². The Morgan fingerprint density at radius 1 is 1.22 bits per heavy atom. The fourth-order valence-corrected chi connectivity index (χ4v) is 2.82. The van der Waals surface area contributed by atoms with E-state index in [0.29, 0.717) is 0 Å². The van der Waals surface area contributed by atoms with Crippen LogP contribution in [0.1, 0.15) is 49.3 Å². The van der Waals surface area contributed by atoms with E-state index >= 15 is 0 Å². The van der Waals surface area contributed by atoms with Crippen LogP contribution in [-0.2, 0) is 4.79 Å². The third-order valence-electron chi connectivity index (χ3n) is 2.66. The molecule has 0 aliphatic carbocycles. The topological polar surface area (TPSA) is 54.0 Å². The Kier molecular flexibility index (Phi) is 5.28. The molecule has 0 aliphatic heterocycles. The summed E-state index contributed by atoms with van der Waals surface area (Å²) in [5, 5.41) is 7.28. The second-order valence-electron chi connectivity index (χ2n) is 4.96. The van der Waals surface area contributed by atoms with Crippen LogP contribution in [0.15, 0.2) is 0 Å². The average Bonchev–Trinajstić information content (AvgIpc) is 2.56. The SMILES string of the molecule is Cc1nc(C)c(C(C)NC(C)C(=O)NC(C)C)s1. The molecule has 102 valence electrons. The third kappa shape index (κ3) is 4.07. The van der Waals surface area contributed by atoms with Crippen molar-refractivity contribution in [3.8, 4) is 0 Å². The molecular weight excluding hydrogens is 246 g/mol. The smallest absolute Gasteiger partial charge is 0.237 e. The maximum Gasteiger partial charge on any atom is 0.237 e. The minimum absolute atomic E-state index is 0.0377. The Morgan fingerprint density at radius 2 is 1.83 bits per heavy atom. The highest BCUT2D eigenvalue weighted by atomic mass is 32.1. The van der Waals surface area contributed by atoms with E-state index in [1.165, 1.54) is 4.88 Å². The quantitative estimate of drug-likeness (QED) is 0.862. The van der Waals surface area contributed by atoms with Crippen LogP contribution in [0.3, 0.4) is 0 Å². The van der Waals surface area contributed by atoms with E-state index in [2.05, 4.69) is 22.5 Å². The number of aryl methyl sites for hydroxylation is 2. The number of thiazole rings is 1. The first kappa shape index (κ1) is 15.1. The fourth-order valence-electron chi connectivity index (χ4n) is 1.88. The van der Waals surface area contributed by atoms with Crippen molar-refractivity contribution in [1.29, 1.82) is 0 Å². The molecule has 0 saturated heterocycles. The van der Waals surface area contributed by atoms with E-state index in [1.54, 1.807) is 11.3 Å². The van der Waals surface area contributed by atoms with Gasteiger partial charge in [-0.1, -0.05) is 0 Å². The van der Waals surface area contributed by atoms with E-state index in [0.717, 1.165) is 10.7 Å². The molecule has 1 aromatic rings. The molecule has 18 heavy (non-hydrogen) atoms. The van der Waals surface area contributed by atoms with E-state index in [1.807, 2.05) is 34.6 Å². The van der Waals surface area contributed by atoms with E-state index in [-0.39, 0.29) is 24.0 Å². The third-order valence-corrected chi connectivity index (χ3v) is 3.91. The van der Waals surface area contributed by atoms with Crippen LogP contribution in [0.4, 0.5) is 0 Å². The van der Waals surface area contributed by atoms with Crippen LogP contribution in [0.5, 0.6) is 0 Å². The lowest BCUT2D eigenvalue weighted by atomic mass is 10.2. The zero-order chi connectivity index (χ0) is 13.9. The Balaban J connectivity index is 2.62. The predicted molar refractivity (Wildman–Crippen MR) is 75.9 cm³/mol. The number of aromatic nitrogens is 1. The monoisotopic (exact) mass is 269 g/mol. The van der Waals surface area contributed by atoms with Gasteiger partial charge in [-0.2, -0.15) is 0 Å². The molecule has 5 heteroatoms. The van der Waals surface area contributed by atoms with Gasteiger partial charge in [-0.15, -0.1) is 11.3 Å². The Bertz CT molecular complexity index is 414. The molecule has 2 atom stereocenters. The van der Waals surface area contributed by atoms with Gasteiger partial charge in [-0.05, 0) is 41.5 Å². The molecule has 1 rings (SSSR count). The van der Waals surface area contributed by atoms with Gasteiger partial charge in [-0.3, -0.25) is 10.1 Å². The van der Waals surface area contributed by atoms with E-state index in [9.17, 15) is 4.79 Å². The molecule has 0 spiro atoms. The molecule has 0 bridgehead atoms. The normalized spacial score (nSPS) is 14.6. The van der Waals surface area contributed by atoms with Gasteiger partial charge in [0.05, 0.1) is 16.7 Å². The average molecular weight is 269 g/mol. The van der Waals surface area contributed by atoms with Gasteiger partial charge >= 0.3 is 0 Å². The highest BCUT2D eigenvalue weighted by Gasteiger charge is 2.19. The summed E-state index contributed by atoms with van der Waals surface area (Å²) in [4.78, 5) is 17.4. The molecule has 2 N–H and O–H groups in total. The van der Waals surface area contributed by atoms with Gasteiger partial charge in [0.25, 0.3) is 0 Å². The van der Waals surface area contributed by atoms with Crippen LogP contribution < -0.4 is 10.6 Å². The predicted octanol–water partition coefficient (Wildman–Crippen LogP) is 2.32. The number of nitrogens with one attached hydrogen (secondary N) is 2. The zero-order valence-corrected chi connectivity index (χ0v) is 12.8. The molecule has 0 aliphatic rings. The lowest BCUT2D eigenvalue weighted by Crippen LogP contribution is -2.45. The molecule has 0 aromatic carbocycles. The van der Waals surface area contributed by atoms with Crippen molar-refractivity contribution in [3.05, 3.63) is 15.6 Å². The Hall–Kier alpha value is -0.940. The van der Waals surface area contributed by atoms with Crippen LogP contribution in [0.2, 0.25) is 0 Å². The van der Waals surface area contributed by atoms with Crippen LogP contribution in [0, 0.1) is 13.8 Å². The zero-order valence-electron chi connectivity index (χ0n) is 12.0. The summed E-state index contributed by atoms with van der Waals surface area (Å²) in [5.74, 6) is 0.0377. The van der Waals surface area contributed by atoms with Crippen molar-refractivity contribution in [1.82, 2.24) is 15.6 Å². The lowest BCUT2D eigenvalue weighted by Gasteiger charge is -2.20. The van der Waals surface area contributed by atoms with Crippen molar-refractivity contribution < 1.29 is 4.79 Å². The molecule has 1 heterocycles. The first-order chi connectivity index (χ1) is 8.31. The molecular formula is C13H23N3OS. The van der Waals surface area contributed by atoms with E-state index < -0.39 is 0 Å². The maximum absolute atomic E-state index is 11.8. The standard InChI is InChI=1S/C13H23N3OS/c1-7(2)14-13(17)10(5)15-8(3)12-9(4)16-11(6)18-12/h7-8,10,15H,1-6H3,(H,14,17). The Morgan fingerprint density at radius 3 is 2.28 bits per heavy atom. The minimum atomic E-state index is -0.204.